The van der Waals surface area contributed by atoms with E-state index in [1.54, 1.807) is 4.90 Å². The molecule has 126 valence electrons. The SMILES string of the molecule is Cc1nnc(N2CC(C(=O)N3CCN(C(C)C)CC3)CC2=O)s1. The molecule has 7 nitrogen and oxygen atoms in total. The second-order valence-corrected chi connectivity index (χ2v) is 7.62. The lowest BCUT2D eigenvalue weighted by Gasteiger charge is -2.37. The van der Waals surface area contributed by atoms with Crippen LogP contribution in [-0.4, -0.2) is 70.6 Å². The normalized spacial score (nSPS) is 23.1. The molecule has 1 aromatic heterocycles. The Hall–Kier alpha value is -1.54. The third kappa shape index (κ3) is 3.37. The number of hydrogen-bond acceptors (Lipinski definition) is 6. The van der Waals surface area contributed by atoms with Crippen LogP contribution in [0.1, 0.15) is 25.3 Å². The zero-order chi connectivity index (χ0) is 16.6. The van der Waals surface area contributed by atoms with Gasteiger partial charge >= 0.3 is 0 Å². The molecule has 0 aromatic carbocycles. The highest BCUT2D eigenvalue weighted by Gasteiger charge is 2.39. The van der Waals surface area contributed by atoms with Gasteiger partial charge in [0.05, 0.1) is 5.92 Å². The fourth-order valence-corrected chi connectivity index (χ4v) is 3.88. The number of amides is 2. The monoisotopic (exact) mass is 337 g/mol. The molecule has 0 aliphatic carbocycles. The maximum atomic E-state index is 12.7. The second-order valence-electron chi connectivity index (χ2n) is 6.46. The molecular weight excluding hydrogens is 314 g/mol. The van der Waals surface area contributed by atoms with Crippen molar-refractivity contribution in [2.24, 2.45) is 5.92 Å². The summed E-state index contributed by atoms with van der Waals surface area (Å²) in [6, 6.07) is 0.511. The van der Waals surface area contributed by atoms with Gasteiger partial charge in [-0.1, -0.05) is 11.3 Å². The van der Waals surface area contributed by atoms with E-state index >= 15 is 0 Å². The molecule has 3 heterocycles. The summed E-state index contributed by atoms with van der Waals surface area (Å²) in [6.45, 7) is 9.95. The molecule has 23 heavy (non-hydrogen) atoms. The summed E-state index contributed by atoms with van der Waals surface area (Å²) in [6.07, 6.45) is 0.280. The van der Waals surface area contributed by atoms with Crippen LogP contribution in [0.5, 0.6) is 0 Å². The van der Waals surface area contributed by atoms with Crippen molar-refractivity contribution in [3.05, 3.63) is 5.01 Å². The maximum Gasteiger partial charge on any atom is 0.229 e. The summed E-state index contributed by atoms with van der Waals surface area (Å²) in [5, 5.41) is 9.41. The van der Waals surface area contributed by atoms with Crippen molar-refractivity contribution in [1.29, 1.82) is 0 Å². The zero-order valence-electron chi connectivity index (χ0n) is 13.9. The van der Waals surface area contributed by atoms with Gasteiger partial charge in [-0.25, -0.2) is 0 Å². The first-order valence-electron chi connectivity index (χ1n) is 8.09. The van der Waals surface area contributed by atoms with Crippen molar-refractivity contribution in [3.63, 3.8) is 0 Å². The largest absolute Gasteiger partial charge is 0.340 e. The van der Waals surface area contributed by atoms with Gasteiger partial charge < -0.3 is 4.90 Å². The molecule has 0 radical (unpaired) electrons. The van der Waals surface area contributed by atoms with Gasteiger partial charge in [0.2, 0.25) is 16.9 Å². The topological polar surface area (TPSA) is 69.6 Å². The Balaban J connectivity index is 1.60. The molecule has 2 fully saturated rings. The molecule has 2 aliphatic heterocycles. The van der Waals surface area contributed by atoms with Crippen molar-refractivity contribution >= 4 is 28.3 Å². The predicted molar refractivity (Wildman–Crippen MR) is 88.4 cm³/mol. The van der Waals surface area contributed by atoms with E-state index in [2.05, 4.69) is 28.9 Å². The third-order valence-corrected chi connectivity index (χ3v) is 5.44. The summed E-state index contributed by atoms with van der Waals surface area (Å²) in [4.78, 5) is 30.8. The average molecular weight is 337 g/mol. The molecule has 1 aromatic rings. The number of aryl methyl sites for hydroxylation is 1. The standard InChI is InChI=1S/C15H23N5O2S/c1-10(2)18-4-6-19(7-5-18)14(22)12-8-13(21)20(9-12)15-17-16-11(3)23-15/h10,12H,4-9H2,1-3H3. The van der Waals surface area contributed by atoms with E-state index in [1.807, 2.05) is 11.8 Å². The van der Waals surface area contributed by atoms with Crippen molar-refractivity contribution in [1.82, 2.24) is 20.0 Å². The second kappa shape index (κ2) is 6.52. The molecular formula is C15H23N5O2S. The Morgan fingerprint density at radius 3 is 2.48 bits per heavy atom. The first-order valence-corrected chi connectivity index (χ1v) is 8.90. The van der Waals surface area contributed by atoms with Gasteiger partial charge in [-0.2, -0.15) is 0 Å². The predicted octanol–water partition coefficient (Wildman–Crippen LogP) is 0.752. The molecule has 0 saturated carbocycles. The van der Waals surface area contributed by atoms with E-state index in [0.29, 0.717) is 17.7 Å². The van der Waals surface area contributed by atoms with Crippen LogP contribution >= 0.6 is 11.3 Å². The summed E-state index contributed by atoms with van der Waals surface area (Å²) < 4.78 is 0. The number of aromatic nitrogens is 2. The van der Waals surface area contributed by atoms with Crippen molar-refractivity contribution in [2.45, 2.75) is 33.2 Å². The Morgan fingerprint density at radius 2 is 1.91 bits per heavy atom. The van der Waals surface area contributed by atoms with E-state index in [1.165, 1.54) is 11.3 Å². The Morgan fingerprint density at radius 1 is 1.22 bits per heavy atom. The Kier molecular flexibility index (Phi) is 4.63. The van der Waals surface area contributed by atoms with Crippen LogP contribution < -0.4 is 4.90 Å². The van der Waals surface area contributed by atoms with E-state index in [9.17, 15) is 9.59 Å². The summed E-state index contributed by atoms with van der Waals surface area (Å²) in [5.41, 5.74) is 0. The van der Waals surface area contributed by atoms with Crippen LogP contribution in [0, 0.1) is 12.8 Å². The first-order chi connectivity index (χ1) is 11.0. The molecule has 2 amide bonds. The van der Waals surface area contributed by atoms with Gasteiger partial charge in [-0.15, -0.1) is 10.2 Å². The molecule has 0 bridgehead atoms. The van der Waals surface area contributed by atoms with E-state index in [4.69, 9.17) is 0 Å². The molecule has 2 saturated heterocycles. The lowest BCUT2D eigenvalue weighted by molar-refractivity contribution is -0.137. The summed E-state index contributed by atoms with van der Waals surface area (Å²) in [5.74, 6) is -0.178. The summed E-state index contributed by atoms with van der Waals surface area (Å²) in [7, 11) is 0. The number of carbonyl (C=O) groups excluding carboxylic acids is 2. The molecule has 1 unspecified atom stereocenters. The van der Waals surface area contributed by atoms with Gasteiger partial charge in [0.1, 0.15) is 5.01 Å². The van der Waals surface area contributed by atoms with Crippen LogP contribution in [0.2, 0.25) is 0 Å². The zero-order valence-corrected chi connectivity index (χ0v) is 14.7. The van der Waals surface area contributed by atoms with E-state index < -0.39 is 0 Å². The molecule has 3 rings (SSSR count). The summed E-state index contributed by atoms with van der Waals surface area (Å²) >= 11 is 1.39. The quantitative estimate of drug-likeness (QED) is 0.814. The lowest BCUT2D eigenvalue weighted by Crippen LogP contribution is -2.52. The van der Waals surface area contributed by atoms with Crippen molar-refractivity contribution in [3.8, 4) is 0 Å². The fourth-order valence-electron chi connectivity index (χ4n) is 3.17. The molecule has 1 atom stereocenters. The number of nitrogens with zero attached hydrogens (tertiary/aromatic N) is 5. The molecule has 2 aliphatic rings. The van der Waals surface area contributed by atoms with Crippen LogP contribution in [-0.2, 0) is 9.59 Å². The number of rotatable bonds is 3. The van der Waals surface area contributed by atoms with Gasteiger partial charge in [0, 0.05) is 45.2 Å². The van der Waals surface area contributed by atoms with E-state index in [0.717, 1.165) is 31.2 Å². The molecule has 0 spiro atoms. The smallest absolute Gasteiger partial charge is 0.229 e. The number of hydrogen-bond donors (Lipinski definition) is 0. The Labute approximate surface area is 140 Å². The maximum absolute atomic E-state index is 12.7. The van der Waals surface area contributed by atoms with Gasteiger partial charge in [-0.05, 0) is 20.8 Å². The number of piperazine rings is 1. The fraction of sp³-hybridized carbons (Fsp3) is 0.733. The lowest BCUT2D eigenvalue weighted by atomic mass is 10.1. The minimum absolute atomic E-state index is 0.0275. The van der Waals surface area contributed by atoms with Crippen molar-refractivity contribution < 1.29 is 9.59 Å². The Bertz CT molecular complexity index is 594. The highest BCUT2D eigenvalue weighted by molar-refractivity contribution is 7.15. The van der Waals surface area contributed by atoms with Gasteiger partial charge in [-0.3, -0.25) is 19.4 Å². The van der Waals surface area contributed by atoms with Gasteiger partial charge in [0.15, 0.2) is 0 Å². The van der Waals surface area contributed by atoms with E-state index in [-0.39, 0.29) is 24.2 Å². The van der Waals surface area contributed by atoms with Gasteiger partial charge in [0.25, 0.3) is 0 Å². The van der Waals surface area contributed by atoms with Crippen LogP contribution in [0.15, 0.2) is 0 Å². The third-order valence-electron chi connectivity index (χ3n) is 4.58. The van der Waals surface area contributed by atoms with Crippen LogP contribution in [0.4, 0.5) is 5.13 Å². The number of anilines is 1. The van der Waals surface area contributed by atoms with Crippen molar-refractivity contribution in [2.75, 3.05) is 37.6 Å². The minimum atomic E-state index is -0.252. The molecule has 0 N–H and O–H groups in total. The van der Waals surface area contributed by atoms with Crippen LogP contribution in [0.3, 0.4) is 0 Å². The average Bonchev–Trinajstić information content (AvgIpc) is 3.12. The molecule has 8 heteroatoms. The first kappa shape index (κ1) is 16.3. The number of carbonyl (C=O) groups is 2. The highest BCUT2D eigenvalue weighted by Crippen LogP contribution is 2.28. The highest BCUT2D eigenvalue weighted by atomic mass is 32.1. The van der Waals surface area contributed by atoms with Crippen LogP contribution in [0.25, 0.3) is 0 Å². The minimum Gasteiger partial charge on any atom is -0.340 e.